The monoisotopic (exact) mass is 350 g/mol. The van der Waals surface area contributed by atoms with Crippen LogP contribution in [-0.4, -0.2) is 12.4 Å². The van der Waals surface area contributed by atoms with Crippen molar-refractivity contribution in [2.75, 3.05) is 0 Å². The summed E-state index contributed by atoms with van der Waals surface area (Å²) in [5.74, 6) is 0. The highest BCUT2D eigenvalue weighted by Crippen LogP contribution is 2.60. The molecule has 0 spiro atoms. The average molecular weight is 350 g/mol. The number of halogens is 6. The van der Waals surface area contributed by atoms with Gasteiger partial charge in [-0.3, -0.25) is 0 Å². The fraction of sp³-hybridized carbons (Fsp3) is 0.333. The molecule has 0 amide bonds. The molecular formula is C18H20F6. The minimum absolute atomic E-state index is 0.730. The average Bonchev–Trinajstić information content (AvgIpc) is 2.42. The third-order valence-electron chi connectivity index (χ3n) is 3.17. The first kappa shape index (κ1) is 22.0. The van der Waals surface area contributed by atoms with Gasteiger partial charge in [0.15, 0.2) is 0 Å². The largest absolute Gasteiger partial charge is 0.411 e. The van der Waals surface area contributed by atoms with Crippen molar-refractivity contribution >= 4 is 0 Å². The Morgan fingerprint density at radius 3 is 1.42 bits per heavy atom. The third kappa shape index (κ3) is 4.30. The molecule has 0 aromatic carbocycles. The Kier molecular flexibility index (Phi) is 8.03. The summed E-state index contributed by atoms with van der Waals surface area (Å²) in [7, 11) is 0. The Labute approximate surface area is 138 Å². The number of alkyl halides is 6. The van der Waals surface area contributed by atoms with Crippen LogP contribution in [0, 0.1) is 5.41 Å². The molecule has 0 aliphatic heterocycles. The van der Waals surface area contributed by atoms with Crippen LogP contribution in [0.15, 0.2) is 72.4 Å². The van der Waals surface area contributed by atoms with Crippen molar-refractivity contribution in [2.45, 2.75) is 33.1 Å². The first-order chi connectivity index (χ1) is 11.0. The number of rotatable bonds is 6. The summed E-state index contributed by atoms with van der Waals surface area (Å²) in [6, 6.07) is 0. The molecular weight excluding hydrogens is 330 g/mol. The van der Waals surface area contributed by atoms with Gasteiger partial charge >= 0.3 is 12.4 Å². The first-order valence-electron chi connectivity index (χ1n) is 7.10. The van der Waals surface area contributed by atoms with E-state index in [1.165, 1.54) is 26.8 Å². The van der Waals surface area contributed by atoms with Gasteiger partial charge in [0.2, 0.25) is 5.41 Å². The molecule has 0 aliphatic carbocycles. The van der Waals surface area contributed by atoms with Gasteiger partial charge in [-0.15, -0.1) is 0 Å². The topological polar surface area (TPSA) is 0 Å². The molecule has 0 heterocycles. The lowest BCUT2D eigenvalue weighted by atomic mass is 9.71. The van der Waals surface area contributed by atoms with Crippen LogP contribution in [-0.2, 0) is 0 Å². The van der Waals surface area contributed by atoms with Crippen molar-refractivity contribution in [2.24, 2.45) is 5.41 Å². The maximum Gasteiger partial charge on any atom is 0.411 e. The van der Waals surface area contributed by atoms with Gasteiger partial charge in [0, 0.05) is 0 Å². The zero-order valence-corrected chi connectivity index (χ0v) is 13.7. The molecule has 0 aromatic heterocycles. The molecule has 0 saturated heterocycles. The van der Waals surface area contributed by atoms with Crippen LogP contribution in [0.5, 0.6) is 0 Å². The molecule has 0 N–H and O–H groups in total. The van der Waals surface area contributed by atoms with E-state index in [1.807, 2.05) is 0 Å². The highest BCUT2D eigenvalue weighted by molar-refractivity contribution is 5.48. The van der Waals surface area contributed by atoms with Gasteiger partial charge in [0.25, 0.3) is 0 Å². The lowest BCUT2D eigenvalue weighted by Crippen LogP contribution is -2.52. The van der Waals surface area contributed by atoms with Gasteiger partial charge in [0.05, 0.1) is 0 Å². The zero-order valence-electron chi connectivity index (χ0n) is 13.7. The molecule has 0 aromatic rings. The van der Waals surface area contributed by atoms with Crippen molar-refractivity contribution in [1.29, 1.82) is 0 Å². The Morgan fingerprint density at radius 2 is 1.12 bits per heavy atom. The lowest BCUT2D eigenvalue weighted by Gasteiger charge is -2.39. The van der Waals surface area contributed by atoms with Crippen LogP contribution >= 0.6 is 0 Å². The second-order valence-corrected chi connectivity index (χ2v) is 4.75. The maximum absolute atomic E-state index is 13.8. The molecule has 0 radical (unpaired) electrons. The molecule has 0 rings (SSSR count). The SMILES string of the molecule is C=C/C=C(\C=C/C)C(C(/C=C\C)=C/C=C\C)(C(F)(F)F)C(F)(F)F. The zero-order chi connectivity index (χ0) is 19.0. The van der Waals surface area contributed by atoms with E-state index >= 15 is 0 Å². The maximum atomic E-state index is 13.8. The third-order valence-corrected chi connectivity index (χ3v) is 3.17. The van der Waals surface area contributed by atoms with E-state index in [0.29, 0.717) is 0 Å². The number of hydrogen-bond acceptors (Lipinski definition) is 0. The smallest absolute Gasteiger partial charge is 0.169 e. The fourth-order valence-electron chi connectivity index (χ4n) is 2.28. The quantitative estimate of drug-likeness (QED) is 0.362. The second-order valence-electron chi connectivity index (χ2n) is 4.75. The van der Waals surface area contributed by atoms with Crippen molar-refractivity contribution in [1.82, 2.24) is 0 Å². The van der Waals surface area contributed by atoms with Gasteiger partial charge in [-0.2, -0.15) is 26.3 Å². The summed E-state index contributed by atoms with van der Waals surface area (Å²) in [5.41, 5.74) is -6.03. The first-order valence-corrected chi connectivity index (χ1v) is 7.10. The summed E-state index contributed by atoms with van der Waals surface area (Å²) in [6.07, 6.45) is -2.36. The van der Waals surface area contributed by atoms with Crippen molar-refractivity contribution in [3.63, 3.8) is 0 Å². The van der Waals surface area contributed by atoms with E-state index in [2.05, 4.69) is 6.58 Å². The summed E-state index contributed by atoms with van der Waals surface area (Å²) in [4.78, 5) is 0. The van der Waals surface area contributed by atoms with Crippen LogP contribution in [0.4, 0.5) is 26.3 Å². The highest BCUT2D eigenvalue weighted by atomic mass is 19.4. The Morgan fingerprint density at radius 1 is 0.708 bits per heavy atom. The molecule has 0 nitrogen and oxygen atoms in total. The second kappa shape index (κ2) is 8.76. The van der Waals surface area contributed by atoms with E-state index in [4.69, 9.17) is 0 Å². The predicted molar refractivity (Wildman–Crippen MR) is 85.3 cm³/mol. The van der Waals surface area contributed by atoms with Crippen molar-refractivity contribution < 1.29 is 26.3 Å². The number of allylic oxidation sites excluding steroid dienone is 11. The van der Waals surface area contributed by atoms with Crippen LogP contribution < -0.4 is 0 Å². The molecule has 6 heteroatoms. The fourth-order valence-corrected chi connectivity index (χ4v) is 2.28. The summed E-state index contributed by atoms with van der Waals surface area (Å²) >= 11 is 0. The van der Waals surface area contributed by atoms with Crippen LogP contribution in [0.25, 0.3) is 0 Å². The molecule has 0 saturated carbocycles. The summed E-state index contributed by atoms with van der Waals surface area (Å²) in [5, 5.41) is 0. The Bertz CT molecular complexity index is 551. The van der Waals surface area contributed by atoms with Crippen molar-refractivity contribution in [3.8, 4) is 0 Å². The van der Waals surface area contributed by atoms with Gasteiger partial charge < -0.3 is 0 Å². The molecule has 24 heavy (non-hydrogen) atoms. The Balaban J connectivity index is 7.23. The number of hydrogen-bond donors (Lipinski definition) is 0. The minimum atomic E-state index is -5.60. The Hall–Kier alpha value is -1.98. The van der Waals surface area contributed by atoms with E-state index < -0.39 is 28.9 Å². The van der Waals surface area contributed by atoms with Crippen molar-refractivity contribution in [3.05, 3.63) is 72.4 Å². The lowest BCUT2D eigenvalue weighted by molar-refractivity contribution is -0.308. The van der Waals surface area contributed by atoms with Gasteiger partial charge in [-0.05, 0) is 31.9 Å². The van der Waals surface area contributed by atoms with Crippen LogP contribution in [0.1, 0.15) is 20.8 Å². The van der Waals surface area contributed by atoms with E-state index in [1.54, 1.807) is 0 Å². The summed E-state index contributed by atoms with van der Waals surface area (Å²) < 4.78 is 83.0. The van der Waals surface area contributed by atoms with Gasteiger partial charge in [0.1, 0.15) is 0 Å². The molecule has 0 fully saturated rings. The minimum Gasteiger partial charge on any atom is -0.169 e. The molecule has 0 bridgehead atoms. The normalized spacial score (nSPS) is 15.9. The highest BCUT2D eigenvalue weighted by Gasteiger charge is 2.73. The predicted octanol–water partition coefficient (Wildman–Crippen LogP) is 6.86. The molecule has 134 valence electrons. The molecule has 0 unspecified atom stereocenters. The van der Waals surface area contributed by atoms with Gasteiger partial charge in [-0.1, -0.05) is 61.3 Å². The van der Waals surface area contributed by atoms with E-state index in [-0.39, 0.29) is 0 Å². The molecule has 0 atom stereocenters. The van der Waals surface area contributed by atoms with E-state index in [0.717, 1.165) is 48.6 Å². The van der Waals surface area contributed by atoms with Crippen LogP contribution in [0.3, 0.4) is 0 Å². The standard InChI is InChI=1S/C18H20F6/c1-5-9-13-15(12-8-4)16(17(19,20)21,18(22,23)24)14(10-6-2)11-7-3/h5-13H,2H2,1,3-4H3/b9-5-,11-7-,12-8-,14-10+,15-13+. The van der Waals surface area contributed by atoms with Gasteiger partial charge in [-0.25, -0.2) is 0 Å². The summed E-state index contributed by atoms with van der Waals surface area (Å²) in [6.45, 7) is 7.43. The van der Waals surface area contributed by atoms with Crippen LogP contribution in [0.2, 0.25) is 0 Å². The molecule has 0 aliphatic rings. The van der Waals surface area contributed by atoms with E-state index in [9.17, 15) is 26.3 Å².